The molecule has 154 valence electrons. The first-order valence-electron chi connectivity index (χ1n) is 9.62. The Morgan fingerprint density at radius 2 is 1.81 bits per heavy atom. The Morgan fingerprint density at radius 3 is 2.55 bits per heavy atom. The first kappa shape index (κ1) is 20.0. The van der Waals surface area contributed by atoms with Crippen molar-refractivity contribution in [3.05, 3.63) is 98.8 Å². The van der Waals surface area contributed by atoms with Gasteiger partial charge in [-0.05, 0) is 25.1 Å². The van der Waals surface area contributed by atoms with Crippen LogP contribution in [0, 0.1) is 10.1 Å². The van der Waals surface area contributed by atoms with Gasteiger partial charge in [-0.3, -0.25) is 14.9 Å². The number of hydrogen-bond acceptors (Lipinski definition) is 6. The third-order valence-corrected chi connectivity index (χ3v) is 4.61. The molecule has 4 aromatic rings. The smallest absolute Gasteiger partial charge is 0.311 e. The minimum atomic E-state index is -0.512. The third-order valence-electron chi connectivity index (χ3n) is 4.61. The van der Waals surface area contributed by atoms with Crippen LogP contribution in [-0.4, -0.2) is 27.4 Å². The molecule has 0 saturated heterocycles. The molecule has 0 bridgehead atoms. The van der Waals surface area contributed by atoms with Gasteiger partial charge in [-0.1, -0.05) is 48.5 Å². The van der Waals surface area contributed by atoms with Gasteiger partial charge < -0.3 is 4.74 Å². The van der Waals surface area contributed by atoms with Crippen LogP contribution < -0.4 is 10.3 Å². The Balaban J connectivity index is 1.92. The molecule has 3 aromatic carbocycles. The molecule has 0 aliphatic carbocycles. The number of nitrogens with zero attached hydrogens (tertiary/aromatic N) is 4. The van der Waals surface area contributed by atoms with E-state index in [-0.39, 0.29) is 23.6 Å². The molecule has 0 amide bonds. The van der Waals surface area contributed by atoms with E-state index < -0.39 is 4.92 Å². The summed E-state index contributed by atoms with van der Waals surface area (Å²) in [5.74, 6) is 0.464. The van der Waals surface area contributed by atoms with Gasteiger partial charge in [-0.25, -0.2) is 4.98 Å². The van der Waals surface area contributed by atoms with Crippen LogP contribution in [0.3, 0.4) is 0 Å². The summed E-state index contributed by atoms with van der Waals surface area (Å²) in [7, 11) is 0. The normalized spacial score (nSPS) is 11.1. The molecule has 1 aromatic heterocycles. The number of para-hydroxylation sites is 2. The van der Waals surface area contributed by atoms with Crippen LogP contribution >= 0.6 is 0 Å². The highest BCUT2D eigenvalue weighted by atomic mass is 16.6. The van der Waals surface area contributed by atoms with E-state index in [4.69, 9.17) is 4.74 Å². The summed E-state index contributed by atoms with van der Waals surface area (Å²) in [6.45, 7) is 1.99. The summed E-state index contributed by atoms with van der Waals surface area (Å²) in [4.78, 5) is 28.7. The molecule has 0 N–H and O–H groups in total. The van der Waals surface area contributed by atoms with Gasteiger partial charge in [0.1, 0.15) is 0 Å². The van der Waals surface area contributed by atoms with Gasteiger partial charge in [0.05, 0.1) is 28.6 Å². The van der Waals surface area contributed by atoms with E-state index >= 15 is 0 Å². The molecule has 0 radical (unpaired) electrons. The van der Waals surface area contributed by atoms with Crippen molar-refractivity contribution in [2.45, 2.75) is 6.92 Å². The van der Waals surface area contributed by atoms with Crippen LogP contribution in [-0.2, 0) is 0 Å². The summed E-state index contributed by atoms with van der Waals surface area (Å²) in [6.07, 6.45) is 1.38. The van der Waals surface area contributed by atoms with Crippen LogP contribution in [0.25, 0.3) is 22.3 Å². The minimum absolute atomic E-state index is 0.0989. The molecule has 0 unspecified atom stereocenters. The number of ether oxygens (including phenoxy) is 1. The fourth-order valence-corrected chi connectivity index (χ4v) is 3.21. The maximum Gasteiger partial charge on any atom is 0.311 e. The van der Waals surface area contributed by atoms with Crippen LogP contribution in [0.1, 0.15) is 12.5 Å². The Morgan fingerprint density at radius 1 is 1.06 bits per heavy atom. The van der Waals surface area contributed by atoms with Crippen LogP contribution in [0.4, 0.5) is 5.69 Å². The molecule has 8 nitrogen and oxygen atoms in total. The summed E-state index contributed by atoms with van der Waals surface area (Å²) >= 11 is 0. The zero-order valence-corrected chi connectivity index (χ0v) is 16.6. The summed E-state index contributed by atoms with van der Waals surface area (Å²) in [5, 5.41) is 16.2. The number of benzene rings is 3. The molecule has 0 aliphatic rings. The van der Waals surface area contributed by atoms with Gasteiger partial charge in [0.2, 0.25) is 5.75 Å². The summed E-state index contributed by atoms with van der Waals surface area (Å²) < 4.78 is 6.70. The van der Waals surface area contributed by atoms with Gasteiger partial charge in [-0.2, -0.15) is 9.78 Å². The van der Waals surface area contributed by atoms with Crippen molar-refractivity contribution in [3.8, 4) is 17.1 Å². The van der Waals surface area contributed by atoms with Crippen LogP contribution in [0.5, 0.6) is 5.75 Å². The van der Waals surface area contributed by atoms with E-state index in [1.165, 1.54) is 17.0 Å². The molecule has 1 heterocycles. The van der Waals surface area contributed by atoms with Crippen molar-refractivity contribution in [1.29, 1.82) is 0 Å². The third kappa shape index (κ3) is 3.91. The lowest BCUT2D eigenvalue weighted by atomic mass is 10.2. The topological polar surface area (TPSA) is 99.6 Å². The van der Waals surface area contributed by atoms with Gasteiger partial charge in [0, 0.05) is 17.2 Å². The van der Waals surface area contributed by atoms with E-state index in [0.29, 0.717) is 27.9 Å². The molecular weight excluding hydrogens is 396 g/mol. The zero-order valence-electron chi connectivity index (χ0n) is 16.6. The summed E-state index contributed by atoms with van der Waals surface area (Å²) in [5.41, 5.74) is 1.15. The zero-order chi connectivity index (χ0) is 21.8. The highest BCUT2D eigenvalue weighted by Gasteiger charge is 2.18. The molecule has 0 saturated carbocycles. The molecule has 8 heteroatoms. The summed E-state index contributed by atoms with van der Waals surface area (Å²) in [6, 6.07) is 20.8. The number of nitro benzene ring substituents is 1. The molecule has 0 atom stereocenters. The number of aromatic nitrogens is 2. The van der Waals surface area contributed by atoms with Crippen molar-refractivity contribution in [2.24, 2.45) is 5.10 Å². The molecule has 4 rings (SSSR count). The van der Waals surface area contributed by atoms with E-state index in [1.54, 1.807) is 37.3 Å². The second kappa shape index (κ2) is 8.58. The number of fused-ring (bicyclic) bond motifs is 1. The van der Waals surface area contributed by atoms with Gasteiger partial charge in [0.15, 0.2) is 5.82 Å². The first-order valence-corrected chi connectivity index (χ1v) is 9.62. The van der Waals surface area contributed by atoms with Crippen LogP contribution in [0.2, 0.25) is 0 Å². The van der Waals surface area contributed by atoms with E-state index in [9.17, 15) is 14.9 Å². The quantitative estimate of drug-likeness (QED) is 0.267. The van der Waals surface area contributed by atoms with E-state index in [0.717, 1.165) is 0 Å². The average Bonchev–Trinajstić information content (AvgIpc) is 2.79. The largest absolute Gasteiger partial charge is 0.487 e. The van der Waals surface area contributed by atoms with Gasteiger partial charge >= 0.3 is 5.69 Å². The molecular formula is C23H18N4O4. The highest BCUT2D eigenvalue weighted by molar-refractivity contribution is 5.86. The predicted octanol–water partition coefficient (Wildman–Crippen LogP) is 4.25. The Labute approximate surface area is 177 Å². The van der Waals surface area contributed by atoms with E-state index in [2.05, 4.69) is 10.1 Å². The lowest BCUT2D eigenvalue weighted by Crippen LogP contribution is -2.20. The second-order valence-electron chi connectivity index (χ2n) is 6.57. The molecule has 0 fully saturated rings. The van der Waals surface area contributed by atoms with Crippen molar-refractivity contribution in [2.75, 3.05) is 6.61 Å². The Bertz CT molecular complexity index is 1350. The lowest BCUT2D eigenvalue weighted by molar-refractivity contribution is -0.385. The Hall–Kier alpha value is -4.33. The molecule has 0 spiro atoms. The SMILES string of the molecule is CCOc1c(C=Nn2c(-c3ccccc3)nc3ccccc3c2=O)cccc1[N+](=O)[O-]. The Kier molecular flexibility index (Phi) is 5.53. The van der Waals surface area contributed by atoms with Crippen LogP contribution in [0.15, 0.2) is 82.7 Å². The maximum absolute atomic E-state index is 13.2. The number of nitro groups is 1. The monoisotopic (exact) mass is 414 g/mol. The number of rotatable bonds is 6. The minimum Gasteiger partial charge on any atom is -0.487 e. The van der Waals surface area contributed by atoms with Crippen molar-refractivity contribution < 1.29 is 9.66 Å². The highest BCUT2D eigenvalue weighted by Crippen LogP contribution is 2.30. The first-order chi connectivity index (χ1) is 15.1. The molecule has 0 aliphatic heterocycles. The lowest BCUT2D eigenvalue weighted by Gasteiger charge is -2.10. The van der Waals surface area contributed by atoms with E-state index in [1.807, 2.05) is 36.4 Å². The van der Waals surface area contributed by atoms with Crippen molar-refractivity contribution in [3.63, 3.8) is 0 Å². The van der Waals surface area contributed by atoms with Gasteiger partial charge in [-0.15, -0.1) is 0 Å². The molecule has 31 heavy (non-hydrogen) atoms. The van der Waals surface area contributed by atoms with Gasteiger partial charge in [0.25, 0.3) is 5.56 Å². The average molecular weight is 414 g/mol. The predicted molar refractivity (Wildman–Crippen MR) is 119 cm³/mol. The number of hydrogen-bond donors (Lipinski definition) is 0. The van der Waals surface area contributed by atoms with Crippen molar-refractivity contribution >= 4 is 22.8 Å². The maximum atomic E-state index is 13.2. The fraction of sp³-hybridized carbons (Fsp3) is 0.0870. The fourth-order valence-electron chi connectivity index (χ4n) is 3.21. The standard InChI is InChI=1S/C23H18N4O4/c1-2-31-21-17(11-8-14-20(21)27(29)30)15-24-26-22(16-9-4-3-5-10-16)25-19-13-7-6-12-18(19)23(26)28/h3-15H,2H2,1H3. The second-order valence-corrected chi connectivity index (χ2v) is 6.57. The van der Waals surface area contributed by atoms with Crippen molar-refractivity contribution in [1.82, 2.24) is 9.66 Å².